The molecule has 33 heavy (non-hydrogen) atoms. The molecule has 1 amide bonds. The van der Waals surface area contributed by atoms with Crippen LogP contribution in [0.3, 0.4) is 0 Å². The van der Waals surface area contributed by atoms with Gasteiger partial charge in [0.05, 0.1) is 18.1 Å². The Kier molecular flexibility index (Phi) is 7.39. The van der Waals surface area contributed by atoms with Crippen molar-refractivity contribution in [3.63, 3.8) is 0 Å². The maximum absolute atomic E-state index is 13.3. The highest BCUT2D eigenvalue weighted by Gasteiger charge is 2.35. The van der Waals surface area contributed by atoms with Gasteiger partial charge in [0, 0.05) is 19.1 Å². The van der Waals surface area contributed by atoms with Crippen molar-refractivity contribution >= 4 is 26.7 Å². The molecule has 1 aliphatic rings. The molecule has 0 radical (unpaired) electrons. The minimum absolute atomic E-state index is 0.0751. The van der Waals surface area contributed by atoms with E-state index in [1.807, 2.05) is 54.6 Å². The summed E-state index contributed by atoms with van der Waals surface area (Å²) >= 11 is 0. The first-order chi connectivity index (χ1) is 16.0. The van der Waals surface area contributed by atoms with Gasteiger partial charge in [-0.05, 0) is 41.3 Å². The van der Waals surface area contributed by atoms with Crippen LogP contribution in [0.15, 0.2) is 77.7 Å². The average Bonchev–Trinajstić information content (AvgIpc) is 3.32. The van der Waals surface area contributed by atoms with Crippen molar-refractivity contribution in [3.8, 4) is 0 Å². The van der Waals surface area contributed by atoms with Crippen LogP contribution >= 0.6 is 0 Å². The van der Waals surface area contributed by atoms with Crippen molar-refractivity contribution in [2.75, 3.05) is 19.7 Å². The summed E-state index contributed by atoms with van der Waals surface area (Å²) in [5, 5.41) is 1.75. The molecule has 3 N–H and O–H groups in total. The molecule has 0 unspecified atom stereocenters. The summed E-state index contributed by atoms with van der Waals surface area (Å²) < 4.78 is 34.8. The summed E-state index contributed by atoms with van der Waals surface area (Å²) in [6.45, 7) is 1.12. The Bertz CT molecular complexity index is 1200. The van der Waals surface area contributed by atoms with Crippen LogP contribution in [0.4, 0.5) is 0 Å². The first-order valence-electron chi connectivity index (χ1n) is 11.1. The van der Waals surface area contributed by atoms with Crippen LogP contribution in [-0.2, 0) is 26.2 Å². The van der Waals surface area contributed by atoms with Crippen molar-refractivity contribution in [2.24, 2.45) is 5.73 Å². The first-order valence-corrected chi connectivity index (χ1v) is 12.6. The second-order valence-electron chi connectivity index (χ2n) is 8.25. The van der Waals surface area contributed by atoms with Crippen LogP contribution < -0.4 is 10.5 Å². The van der Waals surface area contributed by atoms with E-state index < -0.39 is 16.1 Å². The lowest BCUT2D eigenvalue weighted by atomic mass is 10.1. The molecule has 2 atom stereocenters. The summed E-state index contributed by atoms with van der Waals surface area (Å²) in [6.07, 6.45) is 1.67. The SMILES string of the molecule is NC[C@@H]1CCCN1C(=O)[C@H](COCc1ccccc1)NS(=O)(=O)c1ccc2ccccc2c1. The Balaban J connectivity index is 1.54. The van der Waals surface area contributed by atoms with Gasteiger partial charge < -0.3 is 15.4 Å². The van der Waals surface area contributed by atoms with Gasteiger partial charge in [0.25, 0.3) is 0 Å². The predicted molar refractivity (Wildman–Crippen MR) is 128 cm³/mol. The lowest BCUT2D eigenvalue weighted by Gasteiger charge is -2.28. The second kappa shape index (κ2) is 10.4. The molecule has 8 heteroatoms. The fourth-order valence-electron chi connectivity index (χ4n) is 4.19. The molecule has 0 saturated carbocycles. The molecule has 3 aromatic carbocycles. The van der Waals surface area contributed by atoms with E-state index in [-0.39, 0.29) is 30.1 Å². The van der Waals surface area contributed by atoms with E-state index in [9.17, 15) is 13.2 Å². The molecular weight excluding hydrogens is 438 g/mol. The standard InChI is InChI=1S/C25H29N3O4S/c26-16-22-11-6-14-28(22)25(29)24(18-32-17-19-7-2-1-3-8-19)27-33(30,31)23-13-12-20-9-4-5-10-21(20)15-23/h1-5,7-10,12-13,15,22,24,27H,6,11,14,16-18,26H2/t22-,24-/m0/s1. The van der Waals surface area contributed by atoms with Gasteiger partial charge in [-0.15, -0.1) is 0 Å². The van der Waals surface area contributed by atoms with Crippen LogP contribution in [0.1, 0.15) is 18.4 Å². The van der Waals surface area contributed by atoms with Gasteiger partial charge in [0.2, 0.25) is 15.9 Å². The average molecular weight is 468 g/mol. The third-order valence-electron chi connectivity index (χ3n) is 5.96. The predicted octanol–water partition coefficient (Wildman–Crippen LogP) is 2.65. The number of nitrogens with one attached hydrogen (secondary N) is 1. The summed E-state index contributed by atoms with van der Waals surface area (Å²) in [5.41, 5.74) is 6.79. The van der Waals surface area contributed by atoms with Crippen molar-refractivity contribution in [2.45, 2.75) is 36.4 Å². The maximum atomic E-state index is 13.3. The Labute approximate surface area is 194 Å². The number of carbonyl (C=O) groups excluding carboxylic acids is 1. The number of fused-ring (bicyclic) bond motifs is 1. The number of hydrogen-bond acceptors (Lipinski definition) is 5. The minimum atomic E-state index is -3.95. The topological polar surface area (TPSA) is 102 Å². The molecule has 3 aromatic rings. The number of hydrogen-bond donors (Lipinski definition) is 2. The highest BCUT2D eigenvalue weighted by atomic mass is 32.2. The summed E-state index contributed by atoms with van der Waals surface area (Å²) in [5.74, 6) is -0.305. The second-order valence-corrected chi connectivity index (χ2v) is 9.96. The van der Waals surface area contributed by atoms with Gasteiger partial charge in [-0.2, -0.15) is 4.72 Å². The number of ether oxygens (including phenoxy) is 1. The van der Waals surface area contributed by atoms with E-state index in [0.717, 1.165) is 29.2 Å². The molecule has 0 aromatic heterocycles. The van der Waals surface area contributed by atoms with Crippen LogP contribution in [0.5, 0.6) is 0 Å². The number of benzene rings is 3. The third kappa shape index (κ3) is 5.59. The molecule has 0 bridgehead atoms. The van der Waals surface area contributed by atoms with E-state index in [1.165, 1.54) is 0 Å². The van der Waals surface area contributed by atoms with Gasteiger partial charge in [-0.1, -0.05) is 60.7 Å². The number of amides is 1. The number of likely N-dealkylation sites (tertiary alicyclic amines) is 1. The van der Waals surface area contributed by atoms with Crippen molar-refractivity contribution < 1.29 is 17.9 Å². The van der Waals surface area contributed by atoms with Gasteiger partial charge in [0.15, 0.2) is 0 Å². The van der Waals surface area contributed by atoms with Gasteiger partial charge in [-0.25, -0.2) is 8.42 Å². The molecule has 1 saturated heterocycles. The monoisotopic (exact) mass is 467 g/mol. The van der Waals surface area contributed by atoms with Crippen LogP contribution in [0, 0.1) is 0 Å². The van der Waals surface area contributed by atoms with E-state index >= 15 is 0 Å². The number of rotatable bonds is 9. The zero-order valence-corrected chi connectivity index (χ0v) is 19.2. The zero-order chi connectivity index (χ0) is 23.3. The molecule has 0 aliphatic carbocycles. The highest BCUT2D eigenvalue weighted by Crippen LogP contribution is 2.21. The van der Waals surface area contributed by atoms with Crippen molar-refractivity contribution in [1.29, 1.82) is 0 Å². The van der Waals surface area contributed by atoms with Crippen molar-refractivity contribution in [1.82, 2.24) is 9.62 Å². The fourth-order valence-corrected chi connectivity index (χ4v) is 5.39. The molecule has 1 fully saturated rings. The van der Waals surface area contributed by atoms with E-state index in [4.69, 9.17) is 10.5 Å². The van der Waals surface area contributed by atoms with Crippen LogP contribution in [0.25, 0.3) is 10.8 Å². The maximum Gasteiger partial charge on any atom is 0.243 e. The molecule has 4 rings (SSSR count). The fraction of sp³-hybridized carbons (Fsp3) is 0.320. The third-order valence-corrected chi connectivity index (χ3v) is 7.42. The summed E-state index contributed by atoms with van der Waals surface area (Å²) in [4.78, 5) is 15.1. The molecule has 7 nitrogen and oxygen atoms in total. The normalized spacial score (nSPS) is 17.4. The van der Waals surface area contributed by atoms with E-state index in [2.05, 4.69) is 4.72 Å². The van der Waals surface area contributed by atoms with Gasteiger partial charge in [-0.3, -0.25) is 4.79 Å². The first kappa shape index (κ1) is 23.4. The number of carbonyl (C=O) groups is 1. The van der Waals surface area contributed by atoms with Crippen LogP contribution in [0.2, 0.25) is 0 Å². The zero-order valence-electron chi connectivity index (χ0n) is 18.4. The highest BCUT2D eigenvalue weighted by molar-refractivity contribution is 7.89. The Morgan fingerprint density at radius 3 is 2.55 bits per heavy atom. The minimum Gasteiger partial charge on any atom is -0.375 e. The Hall–Kier alpha value is -2.78. The molecule has 1 aliphatic heterocycles. The lowest BCUT2D eigenvalue weighted by molar-refractivity contribution is -0.135. The Morgan fingerprint density at radius 2 is 1.79 bits per heavy atom. The number of sulfonamides is 1. The molecule has 0 spiro atoms. The molecule has 174 valence electrons. The largest absolute Gasteiger partial charge is 0.375 e. The van der Waals surface area contributed by atoms with Crippen molar-refractivity contribution in [3.05, 3.63) is 78.4 Å². The van der Waals surface area contributed by atoms with Gasteiger partial charge >= 0.3 is 0 Å². The lowest BCUT2D eigenvalue weighted by Crippen LogP contribution is -2.53. The van der Waals surface area contributed by atoms with Gasteiger partial charge in [0.1, 0.15) is 6.04 Å². The van der Waals surface area contributed by atoms with E-state index in [1.54, 1.807) is 23.1 Å². The van der Waals surface area contributed by atoms with E-state index in [0.29, 0.717) is 13.1 Å². The number of nitrogens with two attached hydrogens (primary N) is 1. The quantitative estimate of drug-likeness (QED) is 0.504. The van der Waals surface area contributed by atoms with Crippen LogP contribution in [-0.4, -0.2) is 51.0 Å². The summed E-state index contributed by atoms with van der Waals surface area (Å²) in [6, 6.07) is 20.9. The smallest absolute Gasteiger partial charge is 0.243 e. The molecular formula is C25H29N3O4S. The number of nitrogens with zero attached hydrogens (tertiary/aromatic N) is 1. The summed E-state index contributed by atoms with van der Waals surface area (Å²) in [7, 11) is -3.95. The molecule has 1 heterocycles. The Morgan fingerprint density at radius 1 is 1.06 bits per heavy atom.